The van der Waals surface area contributed by atoms with Crippen LogP contribution in [0.2, 0.25) is 5.02 Å². The summed E-state index contributed by atoms with van der Waals surface area (Å²) in [5.74, 6) is -0.923. The minimum absolute atomic E-state index is 0.0163. The molecule has 2 aromatic rings. The number of carbonyl (C=O) groups is 2. The van der Waals surface area contributed by atoms with Gasteiger partial charge in [0.05, 0.1) is 5.52 Å². The van der Waals surface area contributed by atoms with Crippen LogP contribution in [0.5, 0.6) is 0 Å². The zero-order valence-electron chi connectivity index (χ0n) is 13.1. The second-order valence-electron chi connectivity index (χ2n) is 5.13. The Labute approximate surface area is 138 Å². The van der Waals surface area contributed by atoms with Gasteiger partial charge < -0.3 is 15.2 Å². The van der Waals surface area contributed by atoms with Crippen molar-refractivity contribution in [1.82, 2.24) is 15.2 Å². The van der Waals surface area contributed by atoms with Gasteiger partial charge in [-0.15, -0.1) is 0 Å². The second-order valence-corrected chi connectivity index (χ2v) is 5.57. The van der Waals surface area contributed by atoms with Crippen molar-refractivity contribution in [3.63, 3.8) is 0 Å². The molecular weight excluding hydrogens is 318 g/mol. The van der Waals surface area contributed by atoms with Gasteiger partial charge in [0.15, 0.2) is 0 Å². The SMILES string of the molecule is CCn1cc(C(=O)N[C@H](C)C(=O)NC)c(=O)c2cc(Cl)ccc21. The molecule has 0 saturated heterocycles. The van der Waals surface area contributed by atoms with Gasteiger partial charge in [0, 0.05) is 30.2 Å². The van der Waals surface area contributed by atoms with Gasteiger partial charge in [0.2, 0.25) is 11.3 Å². The van der Waals surface area contributed by atoms with Crippen molar-refractivity contribution in [2.45, 2.75) is 26.4 Å². The Morgan fingerprint density at radius 1 is 1.35 bits per heavy atom. The number of fused-ring (bicyclic) bond motifs is 1. The molecule has 0 spiro atoms. The summed E-state index contributed by atoms with van der Waals surface area (Å²) in [6, 6.07) is 4.25. The Kier molecular flexibility index (Phi) is 5.05. The average molecular weight is 336 g/mol. The number of hydrogen-bond acceptors (Lipinski definition) is 3. The van der Waals surface area contributed by atoms with Crippen molar-refractivity contribution in [3.8, 4) is 0 Å². The first kappa shape index (κ1) is 17.0. The number of amides is 2. The number of aryl methyl sites for hydroxylation is 1. The summed E-state index contributed by atoms with van der Waals surface area (Å²) in [5.41, 5.74) is 0.281. The zero-order valence-corrected chi connectivity index (χ0v) is 13.9. The molecule has 0 fully saturated rings. The van der Waals surface area contributed by atoms with Crippen LogP contribution in [0.3, 0.4) is 0 Å². The van der Waals surface area contributed by atoms with Crippen LogP contribution in [-0.4, -0.2) is 29.5 Å². The average Bonchev–Trinajstić information content (AvgIpc) is 2.54. The van der Waals surface area contributed by atoms with Gasteiger partial charge in [-0.3, -0.25) is 14.4 Å². The predicted octanol–water partition coefficient (Wildman–Crippen LogP) is 1.54. The summed E-state index contributed by atoms with van der Waals surface area (Å²) in [4.78, 5) is 36.5. The van der Waals surface area contributed by atoms with Crippen molar-refractivity contribution in [1.29, 1.82) is 0 Å². The van der Waals surface area contributed by atoms with E-state index in [0.29, 0.717) is 22.5 Å². The fourth-order valence-corrected chi connectivity index (χ4v) is 2.52. The molecule has 7 heteroatoms. The number of carbonyl (C=O) groups excluding carboxylic acids is 2. The normalized spacial score (nSPS) is 12.0. The number of hydrogen-bond donors (Lipinski definition) is 2. The molecule has 2 amide bonds. The number of benzene rings is 1. The maximum Gasteiger partial charge on any atom is 0.257 e. The third kappa shape index (κ3) is 3.37. The molecule has 0 aliphatic rings. The third-order valence-electron chi connectivity index (χ3n) is 3.61. The molecular formula is C16H18ClN3O3. The predicted molar refractivity (Wildman–Crippen MR) is 89.9 cm³/mol. The maximum absolute atomic E-state index is 12.6. The van der Waals surface area contributed by atoms with Crippen LogP contribution >= 0.6 is 11.6 Å². The van der Waals surface area contributed by atoms with Crippen LogP contribution in [0.25, 0.3) is 10.9 Å². The van der Waals surface area contributed by atoms with Crippen LogP contribution in [0.1, 0.15) is 24.2 Å². The molecule has 0 saturated carbocycles. The Bertz CT molecular complexity index is 829. The molecule has 0 bridgehead atoms. The highest BCUT2D eigenvalue weighted by molar-refractivity contribution is 6.31. The van der Waals surface area contributed by atoms with Crippen LogP contribution in [0.4, 0.5) is 0 Å². The summed E-state index contributed by atoms with van der Waals surface area (Å²) < 4.78 is 1.80. The van der Waals surface area contributed by atoms with Gasteiger partial charge in [-0.2, -0.15) is 0 Å². The molecule has 2 N–H and O–H groups in total. The summed E-state index contributed by atoms with van der Waals surface area (Å²) in [5, 5.41) is 5.76. The molecule has 0 unspecified atom stereocenters. The van der Waals surface area contributed by atoms with E-state index in [1.165, 1.54) is 13.2 Å². The first-order valence-corrected chi connectivity index (χ1v) is 7.62. The van der Waals surface area contributed by atoms with Crippen LogP contribution in [-0.2, 0) is 11.3 Å². The molecule has 1 atom stereocenters. The van der Waals surface area contributed by atoms with Crippen molar-refractivity contribution < 1.29 is 9.59 Å². The number of likely N-dealkylation sites (N-methyl/N-ethyl adjacent to an activating group) is 1. The molecule has 1 heterocycles. The van der Waals surface area contributed by atoms with Crippen molar-refractivity contribution in [3.05, 3.63) is 45.2 Å². The highest BCUT2D eigenvalue weighted by Gasteiger charge is 2.19. The van der Waals surface area contributed by atoms with E-state index in [-0.39, 0.29) is 11.5 Å². The summed E-state index contributed by atoms with van der Waals surface area (Å²) >= 11 is 5.96. The fraction of sp³-hybridized carbons (Fsp3) is 0.312. The van der Waals surface area contributed by atoms with Crippen LogP contribution in [0.15, 0.2) is 29.2 Å². The molecule has 122 valence electrons. The highest BCUT2D eigenvalue weighted by atomic mass is 35.5. The van der Waals surface area contributed by atoms with E-state index < -0.39 is 17.4 Å². The monoisotopic (exact) mass is 335 g/mol. The minimum atomic E-state index is -0.739. The lowest BCUT2D eigenvalue weighted by Gasteiger charge is -2.14. The van der Waals surface area contributed by atoms with E-state index in [1.54, 1.807) is 29.7 Å². The minimum Gasteiger partial charge on any atom is -0.357 e. The van der Waals surface area contributed by atoms with E-state index in [0.717, 1.165) is 0 Å². The number of halogens is 1. The van der Waals surface area contributed by atoms with E-state index in [9.17, 15) is 14.4 Å². The van der Waals surface area contributed by atoms with Crippen molar-refractivity contribution >= 4 is 34.3 Å². The topological polar surface area (TPSA) is 80.2 Å². The largest absolute Gasteiger partial charge is 0.357 e. The Balaban J connectivity index is 2.53. The van der Waals surface area contributed by atoms with Gasteiger partial charge in [-0.05, 0) is 32.0 Å². The summed E-state index contributed by atoms with van der Waals surface area (Å²) in [6.07, 6.45) is 1.50. The van der Waals surface area contributed by atoms with Crippen LogP contribution in [0, 0.1) is 0 Å². The molecule has 23 heavy (non-hydrogen) atoms. The maximum atomic E-state index is 12.6. The molecule has 0 aliphatic heterocycles. The zero-order chi connectivity index (χ0) is 17.1. The number of rotatable bonds is 4. The van der Waals surface area contributed by atoms with E-state index in [4.69, 9.17) is 11.6 Å². The van der Waals surface area contributed by atoms with Crippen LogP contribution < -0.4 is 16.1 Å². The molecule has 1 aromatic carbocycles. The number of aromatic nitrogens is 1. The second kappa shape index (κ2) is 6.83. The summed E-state index contributed by atoms with van der Waals surface area (Å²) in [7, 11) is 1.48. The smallest absolute Gasteiger partial charge is 0.257 e. The fourth-order valence-electron chi connectivity index (χ4n) is 2.35. The quantitative estimate of drug-likeness (QED) is 0.889. The molecule has 2 rings (SSSR count). The standard InChI is InChI=1S/C16H18ClN3O3/c1-4-20-8-12(16(23)19-9(2)15(22)18-3)14(21)11-7-10(17)5-6-13(11)20/h5-9H,4H2,1-3H3,(H,18,22)(H,19,23)/t9-/m1/s1. The Hall–Kier alpha value is -2.34. The molecule has 0 radical (unpaired) electrons. The van der Waals surface area contributed by atoms with E-state index in [1.807, 2.05) is 6.92 Å². The van der Waals surface area contributed by atoms with Crippen molar-refractivity contribution in [2.24, 2.45) is 0 Å². The lowest BCUT2D eigenvalue weighted by atomic mass is 10.1. The van der Waals surface area contributed by atoms with Gasteiger partial charge in [-0.25, -0.2) is 0 Å². The highest BCUT2D eigenvalue weighted by Crippen LogP contribution is 2.17. The summed E-state index contributed by atoms with van der Waals surface area (Å²) in [6.45, 7) is 4.05. The Morgan fingerprint density at radius 2 is 2.04 bits per heavy atom. The first-order valence-electron chi connectivity index (χ1n) is 7.24. The molecule has 1 aromatic heterocycles. The molecule has 0 aliphatic carbocycles. The Morgan fingerprint density at radius 3 is 2.65 bits per heavy atom. The number of nitrogens with one attached hydrogen (secondary N) is 2. The van der Waals surface area contributed by atoms with E-state index in [2.05, 4.69) is 10.6 Å². The number of nitrogens with zero attached hydrogens (tertiary/aromatic N) is 1. The molecule has 6 nitrogen and oxygen atoms in total. The number of pyridine rings is 1. The lowest BCUT2D eigenvalue weighted by molar-refractivity contribution is -0.122. The van der Waals surface area contributed by atoms with Gasteiger partial charge in [0.25, 0.3) is 5.91 Å². The van der Waals surface area contributed by atoms with Crippen molar-refractivity contribution in [2.75, 3.05) is 7.05 Å². The van der Waals surface area contributed by atoms with Gasteiger partial charge in [-0.1, -0.05) is 11.6 Å². The lowest BCUT2D eigenvalue weighted by Crippen LogP contribution is -2.44. The third-order valence-corrected chi connectivity index (χ3v) is 3.85. The van der Waals surface area contributed by atoms with Gasteiger partial charge in [0.1, 0.15) is 11.6 Å². The van der Waals surface area contributed by atoms with Gasteiger partial charge >= 0.3 is 0 Å². The van der Waals surface area contributed by atoms with E-state index >= 15 is 0 Å². The first-order chi connectivity index (χ1) is 10.9.